The molecular weight excluding hydrogens is 264 g/mol. The van der Waals surface area contributed by atoms with Gasteiger partial charge in [-0.15, -0.1) is 11.3 Å². The number of anilines is 2. The number of aryl methyl sites for hydroxylation is 2. The van der Waals surface area contributed by atoms with E-state index in [-0.39, 0.29) is 0 Å². The van der Waals surface area contributed by atoms with E-state index >= 15 is 0 Å². The maximum Gasteiger partial charge on any atom is 0.0656 e. The molecule has 0 amide bonds. The Morgan fingerprint density at radius 3 is 2.67 bits per heavy atom. The predicted molar refractivity (Wildman–Crippen MR) is 81.6 cm³/mol. The number of benzene rings is 1. The number of hydrogen-bond acceptors (Lipinski definition) is 3. The van der Waals surface area contributed by atoms with Gasteiger partial charge in [0, 0.05) is 22.0 Å². The summed E-state index contributed by atoms with van der Waals surface area (Å²) in [7, 11) is 0. The number of nitrogen functional groups attached to an aromatic ring is 1. The summed E-state index contributed by atoms with van der Waals surface area (Å²) in [4.78, 5) is 2.75. The fraction of sp³-hybridized carbons (Fsp3) is 0.286. The third-order valence-corrected chi connectivity index (χ3v) is 4.42. The quantitative estimate of drug-likeness (QED) is 0.811. The Bertz CT molecular complexity index is 549. The van der Waals surface area contributed by atoms with Crippen molar-refractivity contribution in [1.82, 2.24) is 0 Å². The second-order valence-corrected chi connectivity index (χ2v) is 5.92. The van der Waals surface area contributed by atoms with Gasteiger partial charge in [0.2, 0.25) is 0 Å². The molecule has 0 unspecified atom stereocenters. The molecule has 0 aliphatic carbocycles. The molecule has 4 heteroatoms. The van der Waals surface area contributed by atoms with E-state index in [0.29, 0.717) is 10.7 Å². The predicted octanol–water partition coefficient (Wildman–Crippen LogP) is 4.47. The molecule has 0 spiro atoms. The van der Waals surface area contributed by atoms with Crippen LogP contribution < -0.4 is 11.1 Å². The number of rotatable bonds is 4. The Morgan fingerprint density at radius 2 is 2.00 bits per heavy atom. The molecule has 96 valence electrons. The Balaban J connectivity index is 2.08. The third-order valence-electron chi connectivity index (χ3n) is 2.86. The molecule has 2 rings (SSSR count). The van der Waals surface area contributed by atoms with Gasteiger partial charge in [0.1, 0.15) is 0 Å². The van der Waals surface area contributed by atoms with Crippen LogP contribution >= 0.6 is 22.9 Å². The largest absolute Gasteiger partial charge is 0.398 e. The summed E-state index contributed by atoms with van der Waals surface area (Å²) in [6.45, 7) is 5.03. The van der Waals surface area contributed by atoms with E-state index in [1.54, 1.807) is 0 Å². The smallest absolute Gasteiger partial charge is 0.0656 e. The minimum atomic E-state index is 0.600. The van der Waals surface area contributed by atoms with E-state index < -0.39 is 0 Å². The van der Waals surface area contributed by atoms with Crippen LogP contribution in [0.5, 0.6) is 0 Å². The van der Waals surface area contributed by atoms with Gasteiger partial charge in [0.15, 0.2) is 0 Å². The van der Waals surface area contributed by atoms with E-state index in [1.165, 1.54) is 9.75 Å². The zero-order valence-corrected chi connectivity index (χ0v) is 12.2. The average Bonchev–Trinajstić information content (AvgIpc) is 2.80. The maximum atomic E-state index is 6.03. The van der Waals surface area contributed by atoms with Crippen LogP contribution in [-0.2, 0) is 13.0 Å². The van der Waals surface area contributed by atoms with Crippen LogP contribution in [0.4, 0.5) is 11.4 Å². The van der Waals surface area contributed by atoms with Crippen molar-refractivity contribution in [2.24, 2.45) is 0 Å². The standard InChI is InChI=1S/C14H17ClN2S/c1-3-10-4-5-11(18-10)8-17-14-7-12(15)13(16)6-9(14)2/h4-7,17H,3,8,16H2,1-2H3. The normalized spacial score (nSPS) is 10.6. The Morgan fingerprint density at radius 1 is 1.28 bits per heavy atom. The number of halogens is 1. The molecule has 1 heterocycles. The zero-order chi connectivity index (χ0) is 13.1. The van der Waals surface area contributed by atoms with Crippen molar-refractivity contribution < 1.29 is 0 Å². The summed E-state index contributed by atoms with van der Waals surface area (Å²) in [5.41, 5.74) is 8.55. The summed E-state index contributed by atoms with van der Waals surface area (Å²) in [6, 6.07) is 8.15. The van der Waals surface area contributed by atoms with E-state index in [4.69, 9.17) is 17.3 Å². The molecule has 1 aromatic heterocycles. The first-order valence-corrected chi connectivity index (χ1v) is 7.16. The fourth-order valence-corrected chi connectivity index (χ4v) is 2.85. The molecule has 0 radical (unpaired) electrons. The minimum Gasteiger partial charge on any atom is -0.398 e. The Hall–Kier alpha value is -1.19. The van der Waals surface area contributed by atoms with Crippen molar-refractivity contribution in [3.8, 4) is 0 Å². The first kappa shape index (κ1) is 13.2. The Labute approximate surface area is 117 Å². The molecule has 3 N–H and O–H groups in total. The maximum absolute atomic E-state index is 6.03. The number of hydrogen-bond donors (Lipinski definition) is 2. The van der Waals surface area contributed by atoms with Gasteiger partial charge in [0.25, 0.3) is 0 Å². The van der Waals surface area contributed by atoms with Crippen LogP contribution in [0.1, 0.15) is 22.2 Å². The second kappa shape index (κ2) is 5.63. The molecule has 2 aromatic rings. The monoisotopic (exact) mass is 280 g/mol. The molecule has 18 heavy (non-hydrogen) atoms. The van der Waals surface area contributed by atoms with Crippen molar-refractivity contribution in [2.45, 2.75) is 26.8 Å². The van der Waals surface area contributed by atoms with Crippen molar-refractivity contribution in [3.05, 3.63) is 44.6 Å². The van der Waals surface area contributed by atoms with Gasteiger partial charge in [-0.3, -0.25) is 0 Å². The summed E-state index contributed by atoms with van der Waals surface area (Å²) < 4.78 is 0. The van der Waals surface area contributed by atoms with Crippen LogP contribution in [-0.4, -0.2) is 0 Å². The highest BCUT2D eigenvalue weighted by molar-refractivity contribution is 7.12. The van der Waals surface area contributed by atoms with Crippen LogP contribution in [0.3, 0.4) is 0 Å². The Kier molecular flexibility index (Phi) is 4.15. The van der Waals surface area contributed by atoms with Gasteiger partial charge >= 0.3 is 0 Å². The summed E-state index contributed by atoms with van der Waals surface area (Å²) in [5.74, 6) is 0. The number of nitrogens with one attached hydrogen (secondary N) is 1. The summed E-state index contributed by atoms with van der Waals surface area (Å²) in [5, 5.41) is 4.01. The third kappa shape index (κ3) is 2.98. The summed E-state index contributed by atoms with van der Waals surface area (Å²) >= 11 is 7.88. The lowest BCUT2D eigenvalue weighted by atomic mass is 10.2. The van der Waals surface area contributed by atoms with E-state index in [2.05, 4.69) is 24.4 Å². The lowest BCUT2D eigenvalue weighted by Gasteiger charge is -2.10. The van der Waals surface area contributed by atoms with Gasteiger partial charge in [-0.05, 0) is 43.2 Å². The molecule has 0 fully saturated rings. The van der Waals surface area contributed by atoms with Crippen LogP contribution in [0.2, 0.25) is 5.02 Å². The van der Waals surface area contributed by atoms with Crippen molar-refractivity contribution >= 4 is 34.3 Å². The summed E-state index contributed by atoms with van der Waals surface area (Å²) in [6.07, 6.45) is 1.09. The van der Waals surface area contributed by atoms with Crippen molar-refractivity contribution in [2.75, 3.05) is 11.1 Å². The van der Waals surface area contributed by atoms with Crippen molar-refractivity contribution in [3.63, 3.8) is 0 Å². The first-order valence-electron chi connectivity index (χ1n) is 5.97. The second-order valence-electron chi connectivity index (χ2n) is 4.26. The lowest BCUT2D eigenvalue weighted by molar-refractivity contribution is 1.18. The van der Waals surface area contributed by atoms with Crippen molar-refractivity contribution in [1.29, 1.82) is 0 Å². The highest BCUT2D eigenvalue weighted by Crippen LogP contribution is 2.27. The molecule has 0 aliphatic heterocycles. The molecule has 0 saturated carbocycles. The zero-order valence-electron chi connectivity index (χ0n) is 10.6. The molecule has 2 nitrogen and oxygen atoms in total. The van der Waals surface area contributed by atoms with Gasteiger partial charge < -0.3 is 11.1 Å². The fourth-order valence-electron chi connectivity index (χ4n) is 1.78. The molecule has 1 aromatic carbocycles. The van der Waals surface area contributed by atoms with Crippen LogP contribution in [0.15, 0.2) is 24.3 Å². The minimum absolute atomic E-state index is 0.600. The first-order chi connectivity index (χ1) is 8.60. The van der Waals surface area contributed by atoms with Gasteiger partial charge in [-0.25, -0.2) is 0 Å². The van der Waals surface area contributed by atoms with E-state index in [1.807, 2.05) is 30.4 Å². The van der Waals surface area contributed by atoms with Gasteiger partial charge in [0.05, 0.1) is 10.7 Å². The molecule has 0 bridgehead atoms. The number of thiophene rings is 1. The van der Waals surface area contributed by atoms with Gasteiger partial charge in [-0.2, -0.15) is 0 Å². The molecular formula is C14H17ClN2S. The molecule has 0 saturated heterocycles. The molecule has 0 aliphatic rings. The van der Waals surface area contributed by atoms with E-state index in [9.17, 15) is 0 Å². The highest BCUT2D eigenvalue weighted by atomic mass is 35.5. The number of nitrogens with two attached hydrogens (primary N) is 1. The van der Waals surface area contributed by atoms with Crippen LogP contribution in [0, 0.1) is 6.92 Å². The average molecular weight is 281 g/mol. The van der Waals surface area contributed by atoms with E-state index in [0.717, 1.165) is 24.2 Å². The highest BCUT2D eigenvalue weighted by Gasteiger charge is 2.04. The van der Waals surface area contributed by atoms with Gasteiger partial charge in [-0.1, -0.05) is 18.5 Å². The van der Waals surface area contributed by atoms with Crippen LogP contribution in [0.25, 0.3) is 0 Å². The topological polar surface area (TPSA) is 38.0 Å². The lowest BCUT2D eigenvalue weighted by Crippen LogP contribution is -2.00. The SMILES string of the molecule is CCc1ccc(CNc2cc(Cl)c(N)cc2C)s1. The molecule has 0 atom stereocenters.